The molecule has 12 nitrogen and oxygen atoms in total. The standard InChI is InChI=1S/C22H41N5O7/c1-5-13(4)18(27-19(30)14(24)11-17(28)29)21(32)26-16(10-12(2)3)20(31)25-15(22(33)34)8-6-7-9-23/h12-16,18H,5-11,23-24H2,1-4H3,(H,25,31)(H,26,32)(H,27,30)(H,28,29)(H,33,34). The summed E-state index contributed by atoms with van der Waals surface area (Å²) in [4.78, 5) is 60.7. The summed E-state index contributed by atoms with van der Waals surface area (Å²) in [6, 6.07) is -4.54. The molecule has 0 heterocycles. The van der Waals surface area contributed by atoms with Gasteiger partial charge in [-0.05, 0) is 44.1 Å². The number of amides is 3. The van der Waals surface area contributed by atoms with E-state index in [1.54, 1.807) is 6.92 Å². The number of carboxylic acids is 2. The third kappa shape index (κ3) is 11.9. The Morgan fingerprint density at radius 1 is 0.853 bits per heavy atom. The fourth-order valence-electron chi connectivity index (χ4n) is 3.23. The normalized spacial score (nSPS) is 15.5. The summed E-state index contributed by atoms with van der Waals surface area (Å²) in [6.07, 6.45) is 1.50. The molecule has 5 unspecified atom stereocenters. The van der Waals surface area contributed by atoms with Gasteiger partial charge in [-0.1, -0.05) is 34.1 Å². The minimum absolute atomic E-state index is 0.00260. The number of hydrogen-bond acceptors (Lipinski definition) is 7. The maximum atomic E-state index is 13.1. The van der Waals surface area contributed by atoms with E-state index in [2.05, 4.69) is 16.0 Å². The van der Waals surface area contributed by atoms with E-state index in [0.29, 0.717) is 25.8 Å². The molecule has 0 aromatic carbocycles. The van der Waals surface area contributed by atoms with Gasteiger partial charge in [0.1, 0.15) is 18.1 Å². The van der Waals surface area contributed by atoms with Crippen LogP contribution in [0.25, 0.3) is 0 Å². The van der Waals surface area contributed by atoms with Crippen molar-refractivity contribution in [2.75, 3.05) is 6.54 Å². The Kier molecular flexibility index (Phi) is 14.7. The van der Waals surface area contributed by atoms with Crippen LogP contribution in [-0.4, -0.2) is 70.6 Å². The van der Waals surface area contributed by atoms with Crippen LogP contribution in [0.4, 0.5) is 0 Å². The van der Waals surface area contributed by atoms with Gasteiger partial charge in [0.25, 0.3) is 0 Å². The highest BCUT2D eigenvalue weighted by Crippen LogP contribution is 2.12. The number of nitrogens with one attached hydrogen (secondary N) is 3. The SMILES string of the molecule is CCC(C)C(NC(=O)C(N)CC(=O)O)C(=O)NC(CC(C)C)C(=O)NC(CCCCN)C(=O)O. The first kappa shape index (κ1) is 31.3. The fourth-order valence-corrected chi connectivity index (χ4v) is 3.23. The van der Waals surface area contributed by atoms with Gasteiger partial charge >= 0.3 is 11.9 Å². The third-order valence-corrected chi connectivity index (χ3v) is 5.43. The molecule has 0 rings (SSSR count). The molecule has 9 N–H and O–H groups in total. The lowest BCUT2D eigenvalue weighted by molar-refractivity contribution is -0.142. The highest BCUT2D eigenvalue weighted by molar-refractivity contribution is 5.94. The molecular weight excluding hydrogens is 446 g/mol. The van der Waals surface area contributed by atoms with Crippen LogP contribution >= 0.6 is 0 Å². The van der Waals surface area contributed by atoms with Gasteiger partial charge in [-0.2, -0.15) is 0 Å². The number of carboxylic acid groups (broad SMARTS) is 2. The summed E-state index contributed by atoms with van der Waals surface area (Å²) in [5, 5.41) is 25.9. The fraction of sp³-hybridized carbons (Fsp3) is 0.773. The zero-order chi connectivity index (χ0) is 26.4. The molecule has 0 spiro atoms. The largest absolute Gasteiger partial charge is 0.481 e. The minimum atomic E-state index is -1.34. The summed E-state index contributed by atoms with van der Waals surface area (Å²) >= 11 is 0. The van der Waals surface area contributed by atoms with Gasteiger partial charge < -0.3 is 37.6 Å². The summed E-state index contributed by atoms with van der Waals surface area (Å²) in [5.74, 6) is -4.85. The quantitative estimate of drug-likeness (QED) is 0.132. The van der Waals surface area contributed by atoms with E-state index in [4.69, 9.17) is 16.6 Å². The Bertz CT molecular complexity index is 701. The molecule has 0 aromatic rings. The van der Waals surface area contributed by atoms with E-state index in [9.17, 15) is 29.1 Å². The second-order valence-corrected chi connectivity index (χ2v) is 8.95. The average Bonchev–Trinajstić information content (AvgIpc) is 2.74. The number of carbonyl (C=O) groups is 5. The van der Waals surface area contributed by atoms with E-state index in [-0.39, 0.29) is 24.7 Å². The molecule has 0 bridgehead atoms. The molecule has 0 aliphatic carbocycles. The van der Waals surface area contributed by atoms with Gasteiger partial charge in [-0.15, -0.1) is 0 Å². The minimum Gasteiger partial charge on any atom is -0.481 e. The highest BCUT2D eigenvalue weighted by Gasteiger charge is 2.33. The Balaban J connectivity index is 5.51. The van der Waals surface area contributed by atoms with E-state index >= 15 is 0 Å². The first-order valence-corrected chi connectivity index (χ1v) is 11.6. The van der Waals surface area contributed by atoms with Gasteiger partial charge in [0.15, 0.2) is 0 Å². The first-order valence-electron chi connectivity index (χ1n) is 11.6. The van der Waals surface area contributed by atoms with Crippen LogP contribution in [0, 0.1) is 11.8 Å². The molecule has 12 heteroatoms. The van der Waals surface area contributed by atoms with Gasteiger partial charge in [0, 0.05) is 0 Å². The lowest BCUT2D eigenvalue weighted by atomic mass is 9.96. The van der Waals surface area contributed by atoms with Gasteiger partial charge in [-0.3, -0.25) is 19.2 Å². The van der Waals surface area contributed by atoms with Crippen molar-refractivity contribution >= 4 is 29.7 Å². The molecule has 0 fully saturated rings. The zero-order valence-electron chi connectivity index (χ0n) is 20.5. The van der Waals surface area contributed by atoms with Crippen molar-refractivity contribution in [1.82, 2.24) is 16.0 Å². The summed E-state index contributed by atoms with van der Waals surface area (Å²) in [7, 11) is 0. The van der Waals surface area contributed by atoms with Crippen molar-refractivity contribution < 1.29 is 34.2 Å². The predicted molar refractivity (Wildman–Crippen MR) is 125 cm³/mol. The van der Waals surface area contributed by atoms with Gasteiger partial charge in [0.05, 0.1) is 12.5 Å². The Morgan fingerprint density at radius 3 is 1.91 bits per heavy atom. The highest BCUT2D eigenvalue weighted by atomic mass is 16.4. The van der Waals surface area contributed by atoms with Gasteiger partial charge in [0.2, 0.25) is 17.7 Å². The smallest absolute Gasteiger partial charge is 0.326 e. The van der Waals surface area contributed by atoms with Crippen LogP contribution in [0.2, 0.25) is 0 Å². The van der Waals surface area contributed by atoms with Crippen LogP contribution in [0.5, 0.6) is 0 Å². The maximum Gasteiger partial charge on any atom is 0.326 e. The Labute approximate surface area is 200 Å². The van der Waals surface area contributed by atoms with Crippen molar-refractivity contribution in [3.05, 3.63) is 0 Å². The van der Waals surface area contributed by atoms with Crippen LogP contribution in [0.1, 0.15) is 66.2 Å². The van der Waals surface area contributed by atoms with E-state index in [0.717, 1.165) is 0 Å². The average molecular weight is 488 g/mol. The number of rotatable bonds is 17. The molecular formula is C22H41N5O7. The Hall–Kier alpha value is -2.73. The van der Waals surface area contributed by atoms with Crippen molar-refractivity contribution in [3.8, 4) is 0 Å². The molecule has 0 aromatic heterocycles. The number of carbonyl (C=O) groups excluding carboxylic acids is 3. The summed E-state index contributed by atoms with van der Waals surface area (Å²) in [5.41, 5.74) is 11.0. The number of nitrogens with two attached hydrogens (primary N) is 2. The monoisotopic (exact) mass is 487 g/mol. The Morgan fingerprint density at radius 2 is 1.44 bits per heavy atom. The molecule has 0 saturated carbocycles. The molecule has 0 saturated heterocycles. The molecule has 3 amide bonds. The van der Waals surface area contributed by atoms with E-state index < -0.39 is 60.2 Å². The molecule has 0 aliphatic rings. The van der Waals surface area contributed by atoms with Gasteiger partial charge in [-0.25, -0.2) is 4.79 Å². The topological polar surface area (TPSA) is 214 Å². The van der Waals surface area contributed by atoms with Crippen LogP contribution < -0.4 is 27.4 Å². The van der Waals surface area contributed by atoms with E-state index in [1.165, 1.54) is 0 Å². The number of aliphatic carboxylic acids is 2. The number of hydrogen-bond donors (Lipinski definition) is 7. The maximum absolute atomic E-state index is 13.1. The lowest BCUT2D eigenvalue weighted by Gasteiger charge is -2.28. The van der Waals surface area contributed by atoms with Crippen molar-refractivity contribution in [2.45, 2.75) is 90.4 Å². The van der Waals surface area contributed by atoms with Crippen LogP contribution in [0.15, 0.2) is 0 Å². The zero-order valence-corrected chi connectivity index (χ0v) is 20.5. The molecule has 196 valence electrons. The third-order valence-electron chi connectivity index (χ3n) is 5.43. The van der Waals surface area contributed by atoms with E-state index in [1.807, 2.05) is 20.8 Å². The van der Waals surface area contributed by atoms with Crippen molar-refractivity contribution in [1.29, 1.82) is 0 Å². The van der Waals surface area contributed by atoms with Crippen LogP contribution in [0.3, 0.4) is 0 Å². The van der Waals surface area contributed by atoms with Crippen molar-refractivity contribution in [2.24, 2.45) is 23.3 Å². The lowest BCUT2D eigenvalue weighted by Crippen LogP contribution is -2.59. The molecule has 5 atom stereocenters. The summed E-state index contributed by atoms with van der Waals surface area (Å²) in [6.45, 7) is 7.64. The molecule has 0 radical (unpaired) electrons. The molecule has 34 heavy (non-hydrogen) atoms. The number of unbranched alkanes of at least 4 members (excludes halogenated alkanes) is 1. The second kappa shape index (κ2) is 16.0. The molecule has 0 aliphatic heterocycles. The summed E-state index contributed by atoms with van der Waals surface area (Å²) < 4.78 is 0. The van der Waals surface area contributed by atoms with Crippen molar-refractivity contribution in [3.63, 3.8) is 0 Å². The predicted octanol–water partition coefficient (Wildman–Crippen LogP) is -0.451. The van der Waals surface area contributed by atoms with Crippen LogP contribution in [-0.2, 0) is 24.0 Å². The second-order valence-electron chi connectivity index (χ2n) is 8.95. The first-order chi connectivity index (χ1) is 15.8.